The summed E-state index contributed by atoms with van der Waals surface area (Å²) >= 11 is 0. The zero-order valence-electron chi connectivity index (χ0n) is 12.0. The van der Waals surface area contributed by atoms with Crippen LogP contribution in [0.25, 0.3) is 0 Å². The minimum Gasteiger partial charge on any atom is -0.356 e. The molecule has 0 spiro atoms. The van der Waals surface area contributed by atoms with E-state index in [0.717, 1.165) is 36.6 Å². The van der Waals surface area contributed by atoms with E-state index in [1.807, 2.05) is 0 Å². The van der Waals surface area contributed by atoms with Gasteiger partial charge in [-0.3, -0.25) is 0 Å². The van der Waals surface area contributed by atoms with Gasteiger partial charge in [0.1, 0.15) is 12.1 Å². The number of aromatic nitrogens is 2. The van der Waals surface area contributed by atoms with Crippen molar-refractivity contribution >= 4 is 5.82 Å². The summed E-state index contributed by atoms with van der Waals surface area (Å²) in [6.45, 7) is 7.83. The van der Waals surface area contributed by atoms with Crippen molar-refractivity contribution in [2.45, 2.75) is 45.1 Å². The summed E-state index contributed by atoms with van der Waals surface area (Å²) < 4.78 is 0. The number of piperidine rings is 2. The molecule has 4 nitrogen and oxygen atoms in total. The number of rotatable bonds is 2. The van der Waals surface area contributed by atoms with Crippen LogP contribution in [-0.4, -0.2) is 35.6 Å². The third-order valence-electron chi connectivity index (χ3n) is 4.48. The first-order valence-electron chi connectivity index (χ1n) is 7.54. The first-order valence-corrected chi connectivity index (χ1v) is 7.54. The average Bonchev–Trinajstić information content (AvgIpc) is 2.47. The van der Waals surface area contributed by atoms with E-state index in [1.165, 1.54) is 25.8 Å². The van der Waals surface area contributed by atoms with Crippen LogP contribution in [0.4, 0.5) is 5.82 Å². The van der Waals surface area contributed by atoms with Gasteiger partial charge in [-0.25, -0.2) is 9.97 Å². The maximum Gasteiger partial charge on any atom is 0.132 e. The molecule has 2 aliphatic rings. The van der Waals surface area contributed by atoms with E-state index in [0.29, 0.717) is 5.92 Å². The molecule has 2 unspecified atom stereocenters. The smallest absolute Gasteiger partial charge is 0.132 e. The molecule has 2 saturated heterocycles. The van der Waals surface area contributed by atoms with Gasteiger partial charge in [0.2, 0.25) is 0 Å². The van der Waals surface area contributed by atoms with Crippen molar-refractivity contribution in [2.24, 2.45) is 5.92 Å². The Kier molecular flexibility index (Phi) is 3.69. The Morgan fingerprint density at radius 3 is 3.05 bits per heavy atom. The van der Waals surface area contributed by atoms with Crippen LogP contribution >= 0.6 is 0 Å². The molecule has 2 atom stereocenters. The second-order valence-corrected chi connectivity index (χ2v) is 6.15. The normalized spacial score (nSPS) is 27.4. The monoisotopic (exact) mass is 260 g/mol. The van der Waals surface area contributed by atoms with Gasteiger partial charge in [0.05, 0.1) is 0 Å². The Morgan fingerprint density at radius 2 is 2.21 bits per heavy atom. The summed E-state index contributed by atoms with van der Waals surface area (Å²) in [5.41, 5.74) is 1.15. The average molecular weight is 260 g/mol. The van der Waals surface area contributed by atoms with Gasteiger partial charge in [0.15, 0.2) is 0 Å². The van der Waals surface area contributed by atoms with Gasteiger partial charge in [-0.1, -0.05) is 13.8 Å². The lowest BCUT2D eigenvalue weighted by Gasteiger charge is -2.42. The van der Waals surface area contributed by atoms with Crippen LogP contribution in [0.3, 0.4) is 0 Å². The van der Waals surface area contributed by atoms with Crippen molar-refractivity contribution in [1.82, 2.24) is 15.3 Å². The fourth-order valence-electron chi connectivity index (χ4n) is 3.30. The van der Waals surface area contributed by atoms with Crippen LogP contribution < -0.4 is 10.2 Å². The molecule has 0 amide bonds. The molecule has 2 aliphatic heterocycles. The van der Waals surface area contributed by atoms with E-state index < -0.39 is 0 Å². The minimum absolute atomic E-state index is 0.468. The van der Waals surface area contributed by atoms with Crippen molar-refractivity contribution in [2.75, 3.05) is 24.5 Å². The summed E-state index contributed by atoms with van der Waals surface area (Å²) in [6.07, 6.45) is 5.63. The highest BCUT2D eigenvalue weighted by atomic mass is 15.2. The zero-order valence-corrected chi connectivity index (χ0v) is 12.0. The standard InChI is InChI=1S/C15H24N4/c1-11(2)14-8-15(18-10-17-14)19-7-5-13-12(9-19)4-3-6-16-13/h8,10-13,16H,3-7,9H2,1-2H3. The first-order chi connectivity index (χ1) is 9.24. The van der Waals surface area contributed by atoms with Crippen molar-refractivity contribution in [1.29, 1.82) is 0 Å². The summed E-state index contributed by atoms with van der Waals surface area (Å²) in [6, 6.07) is 2.90. The predicted molar refractivity (Wildman–Crippen MR) is 77.5 cm³/mol. The molecule has 0 aromatic carbocycles. The molecule has 3 heterocycles. The lowest BCUT2D eigenvalue weighted by molar-refractivity contribution is 0.244. The fourth-order valence-corrected chi connectivity index (χ4v) is 3.30. The summed E-state index contributed by atoms with van der Waals surface area (Å²) in [7, 11) is 0. The van der Waals surface area contributed by atoms with Crippen LogP contribution in [0.5, 0.6) is 0 Å². The SMILES string of the molecule is CC(C)c1cc(N2CCC3NCCCC3C2)ncn1. The van der Waals surface area contributed by atoms with E-state index in [9.17, 15) is 0 Å². The molecule has 1 aromatic heterocycles. The van der Waals surface area contributed by atoms with Gasteiger partial charge in [-0.15, -0.1) is 0 Å². The lowest BCUT2D eigenvalue weighted by Crippen LogP contribution is -2.52. The summed E-state index contributed by atoms with van der Waals surface area (Å²) in [4.78, 5) is 11.3. The molecular weight excluding hydrogens is 236 g/mol. The number of nitrogens with zero attached hydrogens (tertiary/aromatic N) is 3. The quantitative estimate of drug-likeness (QED) is 0.885. The van der Waals surface area contributed by atoms with Crippen LogP contribution in [-0.2, 0) is 0 Å². The maximum absolute atomic E-state index is 4.48. The third-order valence-corrected chi connectivity index (χ3v) is 4.48. The third kappa shape index (κ3) is 2.73. The van der Waals surface area contributed by atoms with E-state index in [1.54, 1.807) is 6.33 Å². The van der Waals surface area contributed by atoms with Gasteiger partial charge < -0.3 is 10.2 Å². The minimum atomic E-state index is 0.468. The molecule has 4 heteroatoms. The summed E-state index contributed by atoms with van der Waals surface area (Å²) in [5, 5.41) is 3.66. The predicted octanol–water partition coefficient (Wildman–Crippen LogP) is 2.18. The highest BCUT2D eigenvalue weighted by molar-refractivity contribution is 5.40. The van der Waals surface area contributed by atoms with Crippen LogP contribution in [0.1, 0.15) is 44.7 Å². The van der Waals surface area contributed by atoms with Gasteiger partial charge in [0.25, 0.3) is 0 Å². The van der Waals surface area contributed by atoms with E-state index in [-0.39, 0.29) is 0 Å². The molecule has 2 fully saturated rings. The molecule has 1 N–H and O–H groups in total. The first kappa shape index (κ1) is 12.9. The number of hydrogen-bond donors (Lipinski definition) is 1. The molecule has 0 saturated carbocycles. The number of hydrogen-bond acceptors (Lipinski definition) is 4. The Balaban J connectivity index is 1.74. The Hall–Kier alpha value is -1.16. The van der Waals surface area contributed by atoms with E-state index in [4.69, 9.17) is 0 Å². The summed E-state index contributed by atoms with van der Waals surface area (Å²) in [5.74, 6) is 2.37. The molecule has 1 aromatic rings. The molecule has 19 heavy (non-hydrogen) atoms. The largest absolute Gasteiger partial charge is 0.356 e. The lowest BCUT2D eigenvalue weighted by atomic mass is 9.85. The molecule has 0 radical (unpaired) electrons. The highest BCUT2D eigenvalue weighted by Crippen LogP contribution is 2.28. The van der Waals surface area contributed by atoms with Gasteiger partial charge in [-0.2, -0.15) is 0 Å². The molecular formula is C15H24N4. The number of fused-ring (bicyclic) bond motifs is 1. The molecule has 0 aliphatic carbocycles. The van der Waals surface area contributed by atoms with Crippen molar-refractivity contribution in [3.8, 4) is 0 Å². The topological polar surface area (TPSA) is 41.0 Å². The fraction of sp³-hybridized carbons (Fsp3) is 0.733. The second kappa shape index (κ2) is 5.45. The molecule has 0 bridgehead atoms. The number of nitrogens with one attached hydrogen (secondary N) is 1. The molecule has 104 valence electrons. The van der Waals surface area contributed by atoms with Crippen molar-refractivity contribution in [3.05, 3.63) is 18.1 Å². The second-order valence-electron chi connectivity index (χ2n) is 6.15. The van der Waals surface area contributed by atoms with Crippen molar-refractivity contribution in [3.63, 3.8) is 0 Å². The molecule has 3 rings (SSSR count). The van der Waals surface area contributed by atoms with Gasteiger partial charge in [-0.05, 0) is 37.6 Å². The Morgan fingerprint density at radius 1 is 1.32 bits per heavy atom. The maximum atomic E-state index is 4.48. The Bertz CT molecular complexity index is 432. The number of anilines is 1. The van der Waals surface area contributed by atoms with Crippen molar-refractivity contribution < 1.29 is 0 Å². The zero-order chi connectivity index (χ0) is 13.2. The Labute approximate surface area is 115 Å². The van der Waals surface area contributed by atoms with Crippen LogP contribution in [0, 0.1) is 5.92 Å². The van der Waals surface area contributed by atoms with Gasteiger partial charge >= 0.3 is 0 Å². The van der Waals surface area contributed by atoms with Gasteiger partial charge in [0, 0.05) is 30.9 Å². The van der Waals surface area contributed by atoms with Crippen LogP contribution in [0.2, 0.25) is 0 Å². The van der Waals surface area contributed by atoms with Crippen LogP contribution in [0.15, 0.2) is 12.4 Å². The van der Waals surface area contributed by atoms with E-state index in [2.05, 4.69) is 40.1 Å². The highest BCUT2D eigenvalue weighted by Gasteiger charge is 2.31. The van der Waals surface area contributed by atoms with E-state index >= 15 is 0 Å².